The average Bonchev–Trinajstić information content (AvgIpc) is 2.57. The lowest BCUT2D eigenvalue weighted by Gasteiger charge is -2.16. The van der Waals surface area contributed by atoms with Crippen molar-refractivity contribution < 1.29 is 9.18 Å². The van der Waals surface area contributed by atoms with Gasteiger partial charge in [0.2, 0.25) is 5.91 Å². The summed E-state index contributed by atoms with van der Waals surface area (Å²) in [7, 11) is 1.83. The average molecular weight is 347 g/mol. The van der Waals surface area contributed by atoms with Gasteiger partial charge in [-0.25, -0.2) is 14.4 Å². The molecule has 0 fully saturated rings. The summed E-state index contributed by atoms with van der Waals surface area (Å²) in [5.41, 5.74) is 1.58. The van der Waals surface area contributed by atoms with E-state index in [1.54, 1.807) is 17.0 Å². The van der Waals surface area contributed by atoms with Crippen molar-refractivity contribution >= 4 is 17.7 Å². The normalized spacial score (nSPS) is 10.7. The van der Waals surface area contributed by atoms with Crippen molar-refractivity contribution in [2.45, 2.75) is 31.7 Å². The number of hydrogen-bond donors (Lipinski definition) is 0. The predicted molar refractivity (Wildman–Crippen MR) is 95.4 cm³/mol. The maximum Gasteiger partial charge on any atom is 0.232 e. The Hall–Kier alpha value is -1.95. The minimum absolute atomic E-state index is 0.0908. The van der Waals surface area contributed by atoms with Crippen LogP contribution in [0.4, 0.5) is 4.39 Å². The molecule has 4 nitrogen and oxygen atoms in total. The number of aromatic nitrogens is 2. The van der Waals surface area contributed by atoms with Gasteiger partial charge in [0.25, 0.3) is 0 Å². The van der Waals surface area contributed by atoms with E-state index in [1.807, 2.05) is 20.0 Å². The quantitative estimate of drug-likeness (QED) is 0.562. The van der Waals surface area contributed by atoms with Crippen molar-refractivity contribution in [2.75, 3.05) is 19.3 Å². The van der Waals surface area contributed by atoms with E-state index in [-0.39, 0.29) is 11.7 Å². The summed E-state index contributed by atoms with van der Waals surface area (Å²) in [6.07, 6.45) is 2.07. The number of hydrogen-bond acceptors (Lipinski definition) is 4. The molecule has 0 aliphatic carbocycles. The Kier molecular flexibility index (Phi) is 6.73. The van der Waals surface area contributed by atoms with Gasteiger partial charge in [-0.2, -0.15) is 0 Å². The zero-order chi connectivity index (χ0) is 17.5. The summed E-state index contributed by atoms with van der Waals surface area (Å²) in [5, 5.41) is 0.749. The molecule has 0 saturated carbocycles. The second-order valence-corrected chi connectivity index (χ2v) is 6.63. The molecule has 2 rings (SSSR count). The molecule has 6 heteroatoms. The van der Waals surface area contributed by atoms with E-state index >= 15 is 0 Å². The molecule has 128 valence electrons. The van der Waals surface area contributed by atoms with Crippen LogP contribution in [-0.4, -0.2) is 40.1 Å². The number of unbranched alkanes of at least 4 members (excludes halogenated alkanes) is 1. The summed E-state index contributed by atoms with van der Waals surface area (Å²) in [6, 6.07) is 7.95. The molecule has 1 heterocycles. The number of nitrogens with zero attached hydrogens (tertiary/aromatic N) is 3. The standard InChI is InChI=1S/C18H22FN3OS/c1-4-5-10-22(3)17(23)12-24-16-11-13(2)20-18(21-16)14-6-8-15(19)9-7-14/h6-9,11H,4-5,10,12H2,1-3H3. The summed E-state index contributed by atoms with van der Waals surface area (Å²) >= 11 is 1.40. The Morgan fingerprint density at radius 1 is 1.25 bits per heavy atom. The van der Waals surface area contributed by atoms with Crippen LogP contribution in [0, 0.1) is 12.7 Å². The fraction of sp³-hybridized carbons (Fsp3) is 0.389. The molecule has 1 aromatic heterocycles. The van der Waals surface area contributed by atoms with E-state index in [4.69, 9.17) is 0 Å². The zero-order valence-corrected chi connectivity index (χ0v) is 15.1. The van der Waals surface area contributed by atoms with Gasteiger partial charge in [-0.05, 0) is 43.7 Å². The SMILES string of the molecule is CCCCN(C)C(=O)CSc1cc(C)nc(-c2ccc(F)cc2)n1. The van der Waals surface area contributed by atoms with Crippen LogP contribution in [0.1, 0.15) is 25.5 Å². The van der Waals surface area contributed by atoms with Crippen molar-refractivity contribution in [3.63, 3.8) is 0 Å². The molecule has 2 aromatic rings. The van der Waals surface area contributed by atoms with E-state index in [0.717, 1.165) is 35.7 Å². The van der Waals surface area contributed by atoms with Crippen molar-refractivity contribution in [1.29, 1.82) is 0 Å². The van der Waals surface area contributed by atoms with Gasteiger partial charge in [-0.3, -0.25) is 4.79 Å². The Morgan fingerprint density at radius 2 is 1.96 bits per heavy atom. The molecule has 0 N–H and O–H groups in total. The second-order valence-electron chi connectivity index (χ2n) is 5.64. The lowest BCUT2D eigenvalue weighted by atomic mass is 10.2. The highest BCUT2D eigenvalue weighted by atomic mass is 32.2. The molecule has 0 unspecified atom stereocenters. The number of amides is 1. The molecule has 24 heavy (non-hydrogen) atoms. The Morgan fingerprint density at radius 3 is 2.62 bits per heavy atom. The Bertz CT molecular complexity index is 691. The molecule has 1 amide bonds. The first kappa shape index (κ1) is 18.4. The molecule has 0 bridgehead atoms. The van der Waals surface area contributed by atoms with E-state index in [2.05, 4.69) is 16.9 Å². The third-order valence-corrected chi connectivity index (χ3v) is 4.45. The van der Waals surface area contributed by atoms with Gasteiger partial charge < -0.3 is 4.90 Å². The van der Waals surface area contributed by atoms with E-state index in [9.17, 15) is 9.18 Å². The minimum Gasteiger partial charge on any atom is -0.345 e. The maximum absolute atomic E-state index is 13.0. The van der Waals surface area contributed by atoms with Crippen LogP contribution in [0.5, 0.6) is 0 Å². The lowest BCUT2D eigenvalue weighted by molar-refractivity contribution is -0.127. The Balaban J connectivity index is 2.06. The molecule has 0 aliphatic rings. The minimum atomic E-state index is -0.290. The van der Waals surface area contributed by atoms with Crippen molar-refractivity contribution in [2.24, 2.45) is 0 Å². The summed E-state index contributed by atoms with van der Waals surface area (Å²) in [4.78, 5) is 22.8. The van der Waals surface area contributed by atoms with Crippen molar-refractivity contribution in [1.82, 2.24) is 14.9 Å². The van der Waals surface area contributed by atoms with Gasteiger partial charge in [0.15, 0.2) is 5.82 Å². The highest BCUT2D eigenvalue weighted by molar-refractivity contribution is 7.99. The summed E-state index contributed by atoms with van der Waals surface area (Å²) < 4.78 is 13.0. The van der Waals surface area contributed by atoms with Gasteiger partial charge in [-0.15, -0.1) is 0 Å². The van der Waals surface area contributed by atoms with Crippen LogP contribution < -0.4 is 0 Å². The largest absolute Gasteiger partial charge is 0.345 e. The zero-order valence-electron chi connectivity index (χ0n) is 14.3. The fourth-order valence-electron chi connectivity index (χ4n) is 2.11. The van der Waals surface area contributed by atoms with Gasteiger partial charge in [0.1, 0.15) is 10.8 Å². The van der Waals surface area contributed by atoms with E-state index in [1.165, 1.54) is 23.9 Å². The Labute approximate surface area is 146 Å². The highest BCUT2D eigenvalue weighted by Crippen LogP contribution is 2.22. The number of rotatable bonds is 7. The van der Waals surface area contributed by atoms with Crippen LogP contribution in [0.15, 0.2) is 35.4 Å². The van der Waals surface area contributed by atoms with Crippen LogP contribution in [0.25, 0.3) is 11.4 Å². The summed E-state index contributed by atoms with van der Waals surface area (Å²) in [6.45, 7) is 4.77. The monoisotopic (exact) mass is 347 g/mol. The van der Waals surface area contributed by atoms with Gasteiger partial charge in [0, 0.05) is 24.8 Å². The van der Waals surface area contributed by atoms with Gasteiger partial charge in [-0.1, -0.05) is 25.1 Å². The van der Waals surface area contributed by atoms with Crippen molar-refractivity contribution in [3.8, 4) is 11.4 Å². The fourth-order valence-corrected chi connectivity index (χ4v) is 3.00. The molecule has 0 aliphatic heterocycles. The first-order valence-corrected chi connectivity index (χ1v) is 8.96. The summed E-state index contributed by atoms with van der Waals surface area (Å²) in [5.74, 6) is 0.693. The van der Waals surface area contributed by atoms with Gasteiger partial charge in [0.05, 0.1) is 5.75 Å². The smallest absolute Gasteiger partial charge is 0.232 e. The first-order valence-electron chi connectivity index (χ1n) is 7.98. The van der Waals surface area contributed by atoms with Crippen molar-refractivity contribution in [3.05, 3.63) is 41.8 Å². The molecule has 1 aromatic carbocycles. The number of carbonyl (C=O) groups excluding carboxylic acids is 1. The molecule has 0 spiro atoms. The number of benzene rings is 1. The number of halogens is 1. The lowest BCUT2D eigenvalue weighted by Crippen LogP contribution is -2.29. The number of thioether (sulfide) groups is 1. The van der Waals surface area contributed by atoms with Gasteiger partial charge >= 0.3 is 0 Å². The molecular formula is C18H22FN3OS. The molecule has 0 saturated heterocycles. The predicted octanol–water partition coefficient (Wildman–Crippen LogP) is 3.94. The first-order chi connectivity index (χ1) is 11.5. The number of carbonyl (C=O) groups is 1. The molecule has 0 atom stereocenters. The molecule has 0 radical (unpaired) electrons. The second kappa shape index (κ2) is 8.78. The number of aryl methyl sites for hydroxylation is 1. The third-order valence-electron chi connectivity index (χ3n) is 3.55. The van der Waals surface area contributed by atoms with E-state index < -0.39 is 0 Å². The van der Waals surface area contributed by atoms with Crippen LogP contribution in [0.3, 0.4) is 0 Å². The topological polar surface area (TPSA) is 46.1 Å². The van der Waals surface area contributed by atoms with Crippen LogP contribution in [0.2, 0.25) is 0 Å². The maximum atomic E-state index is 13.0. The third kappa shape index (κ3) is 5.30. The van der Waals surface area contributed by atoms with Crippen LogP contribution >= 0.6 is 11.8 Å². The highest BCUT2D eigenvalue weighted by Gasteiger charge is 2.11. The van der Waals surface area contributed by atoms with Crippen LogP contribution in [-0.2, 0) is 4.79 Å². The molecular weight excluding hydrogens is 325 g/mol. The van der Waals surface area contributed by atoms with E-state index in [0.29, 0.717) is 11.6 Å².